The lowest BCUT2D eigenvalue weighted by molar-refractivity contribution is -0.00513. The molecule has 3 heteroatoms. The van der Waals surface area contributed by atoms with Crippen LogP contribution in [0.2, 0.25) is 0 Å². The summed E-state index contributed by atoms with van der Waals surface area (Å²) in [5, 5.41) is 0. The number of nitrogens with zero attached hydrogens (tertiary/aromatic N) is 1. The minimum absolute atomic E-state index is 0.439. The molecule has 0 unspecified atom stereocenters. The van der Waals surface area contributed by atoms with Crippen molar-refractivity contribution >= 4 is 11.0 Å². The number of fused-ring (bicyclic) bond motifs is 1. The lowest BCUT2D eigenvalue weighted by atomic mass is 9.48. The van der Waals surface area contributed by atoms with Crippen LogP contribution < -0.4 is 4.74 Å². The quantitative estimate of drug-likeness (QED) is 0.658. The maximum atomic E-state index is 5.86. The zero-order valence-electron chi connectivity index (χ0n) is 15.7. The van der Waals surface area contributed by atoms with Crippen molar-refractivity contribution in [2.45, 2.75) is 50.5 Å². The SMILES string of the molecule is c1ccc(OCc2nc3ccc(C45CC6CC(CC(C6)C4)C5)cc3[nH]2)cc1. The zero-order chi connectivity index (χ0) is 17.8. The number of H-pyrrole nitrogens is 1. The number of hydrogen-bond acceptors (Lipinski definition) is 2. The molecular weight excluding hydrogens is 332 g/mol. The summed E-state index contributed by atoms with van der Waals surface area (Å²) in [5.74, 6) is 4.71. The van der Waals surface area contributed by atoms with Gasteiger partial charge >= 0.3 is 0 Å². The molecule has 0 atom stereocenters. The Labute approximate surface area is 160 Å². The van der Waals surface area contributed by atoms with Gasteiger partial charge in [-0.15, -0.1) is 0 Å². The van der Waals surface area contributed by atoms with Crippen molar-refractivity contribution in [2.24, 2.45) is 17.8 Å². The third-order valence-electron chi connectivity index (χ3n) is 7.30. The van der Waals surface area contributed by atoms with E-state index in [0.717, 1.165) is 40.4 Å². The molecule has 0 aliphatic heterocycles. The number of imidazole rings is 1. The Kier molecular flexibility index (Phi) is 3.41. The molecule has 3 aromatic rings. The second kappa shape index (κ2) is 5.85. The van der Waals surface area contributed by atoms with Gasteiger partial charge in [-0.05, 0) is 91.5 Å². The molecule has 4 aliphatic carbocycles. The van der Waals surface area contributed by atoms with E-state index in [1.807, 2.05) is 30.3 Å². The fourth-order valence-electron chi connectivity index (χ4n) is 6.59. The summed E-state index contributed by atoms with van der Waals surface area (Å²) in [5.41, 5.74) is 4.20. The molecular formula is C24H26N2O. The van der Waals surface area contributed by atoms with E-state index in [4.69, 9.17) is 9.72 Å². The van der Waals surface area contributed by atoms with Crippen LogP contribution in [0.5, 0.6) is 5.75 Å². The highest BCUT2D eigenvalue weighted by molar-refractivity contribution is 5.76. The molecule has 1 heterocycles. The highest BCUT2D eigenvalue weighted by atomic mass is 16.5. The van der Waals surface area contributed by atoms with E-state index in [1.54, 1.807) is 5.56 Å². The third kappa shape index (κ3) is 2.67. The van der Waals surface area contributed by atoms with E-state index in [1.165, 1.54) is 38.5 Å². The van der Waals surface area contributed by atoms with Crippen molar-refractivity contribution in [3.05, 3.63) is 59.9 Å². The van der Waals surface area contributed by atoms with Gasteiger partial charge in [0.15, 0.2) is 0 Å². The number of hydrogen-bond donors (Lipinski definition) is 1. The fourth-order valence-corrected chi connectivity index (χ4v) is 6.59. The van der Waals surface area contributed by atoms with Gasteiger partial charge in [-0.2, -0.15) is 0 Å². The van der Waals surface area contributed by atoms with Crippen LogP contribution in [-0.4, -0.2) is 9.97 Å². The largest absolute Gasteiger partial charge is 0.486 e. The maximum Gasteiger partial charge on any atom is 0.146 e. The van der Waals surface area contributed by atoms with E-state index in [9.17, 15) is 0 Å². The van der Waals surface area contributed by atoms with Gasteiger partial charge in [0.1, 0.15) is 18.2 Å². The molecule has 2 aromatic carbocycles. The number of aromatic amines is 1. The van der Waals surface area contributed by atoms with E-state index in [0.29, 0.717) is 12.0 Å². The minimum Gasteiger partial charge on any atom is -0.486 e. The predicted octanol–water partition coefficient (Wildman–Crippen LogP) is 5.61. The molecule has 1 N–H and O–H groups in total. The van der Waals surface area contributed by atoms with Crippen molar-refractivity contribution in [2.75, 3.05) is 0 Å². The molecule has 3 nitrogen and oxygen atoms in total. The third-order valence-corrected chi connectivity index (χ3v) is 7.30. The molecule has 4 aliphatic rings. The first-order chi connectivity index (χ1) is 13.3. The van der Waals surface area contributed by atoms with Crippen molar-refractivity contribution < 1.29 is 4.74 Å². The van der Waals surface area contributed by atoms with Gasteiger partial charge < -0.3 is 9.72 Å². The molecule has 0 amide bonds. The Morgan fingerprint density at radius 3 is 2.33 bits per heavy atom. The van der Waals surface area contributed by atoms with Crippen LogP contribution in [0, 0.1) is 17.8 Å². The Bertz CT molecular complexity index is 939. The number of benzene rings is 2. The minimum atomic E-state index is 0.439. The molecule has 7 rings (SSSR count). The van der Waals surface area contributed by atoms with E-state index >= 15 is 0 Å². The van der Waals surface area contributed by atoms with E-state index in [-0.39, 0.29) is 0 Å². The van der Waals surface area contributed by atoms with Crippen LogP contribution in [-0.2, 0) is 12.0 Å². The first-order valence-electron chi connectivity index (χ1n) is 10.4. The molecule has 4 bridgehead atoms. The van der Waals surface area contributed by atoms with Crippen LogP contribution >= 0.6 is 0 Å². The molecule has 0 saturated heterocycles. The van der Waals surface area contributed by atoms with Crippen LogP contribution in [0.1, 0.15) is 49.9 Å². The molecule has 4 fully saturated rings. The topological polar surface area (TPSA) is 37.9 Å². The highest BCUT2D eigenvalue weighted by Gasteiger charge is 2.51. The van der Waals surface area contributed by atoms with Crippen LogP contribution in [0.4, 0.5) is 0 Å². The Balaban J connectivity index is 1.28. The lowest BCUT2D eigenvalue weighted by Crippen LogP contribution is -2.48. The molecule has 0 spiro atoms. The first kappa shape index (κ1) is 15.7. The second-order valence-electron chi connectivity index (χ2n) is 9.22. The highest BCUT2D eigenvalue weighted by Crippen LogP contribution is 2.60. The van der Waals surface area contributed by atoms with Gasteiger partial charge in [0.2, 0.25) is 0 Å². The summed E-state index contributed by atoms with van der Waals surface area (Å²) >= 11 is 0. The van der Waals surface area contributed by atoms with Crippen LogP contribution in [0.15, 0.2) is 48.5 Å². The van der Waals surface area contributed by atoms with Crippen LogP contribution in [0.25, 0.3) is 11.0 Å². The van der Waals surface area contributed by atoms with Crippen molar-refractivity contribution in [1.82, 2.24) is 9.97 Å². The summed E-state index contributed by atoms with van der Waals surface area (Å²) in [6.07, 6.45) is 8.69. The van der Waals surface area contributed by atoms with Crippen molar-refractivity contribution in [3.63, 3.8) is 0 Å². The standard InChI is InChI=1S/C24H26N2O/c1-2-4-20(5-3-1)27-15-23-25-21-7-6-19(11-22(21)26-23)24-12-16-8-17(13-24)10-18(9-16)14-24/h1-7,11,16-18H,8-10,12-15H2,(H,25,26). The Morgan fingerprint density at radius 1 is 0.926 bits per heavy atom. The second-order valence-corrected chi connectivity index (χ2v) is 9.22. The zero-order valence-corrected chi connectivity index (χ0v) is 15.7. The first-order valence-corrected chi connectivity index (χ1v) is 10.4. The van der Waals surface area contributed by atoms with Crippen molar-refractivity contribution in [1.29, 1.82) is 0 Å². The predicted molar refractivity (Wildman–Crippen MR) is 107 cm³/mol. The molecule has 1 aromatic heterocycles. The number of aromatic nitrogens is 2. The van der Waals surface area contributed by atoms with Gasteiger partial charge in [0.25, 0.3) is 0 Å². The van der Waals surface area contributed by atoms with Gasteiger partial charge in [-0.1, -0.05) is 24.3 Å². The summed E-state index contributed by atoms with van der Waals surface area (Å²) in [7, 11) is 0. The number of nitrogens with one attached hydrogen (secondary N) is 1. The number of rotatable bonds is 4. The molecule has 27 heavy (non-hydrogen) atoms. The van der Waals surface area contributed by atoms with Gasteiger partial charge in [0, 0.05) is 0 Å². The lowest BCUT2D eigenvalue weighted by Gasteiger charge is -2.57. The van der Waals surface area contributed by atoms with Crippen molar-refractivity contribution in [3.8, 4) is 5.75 Å². The fraction of sp³-hybridized carbons (Fsp3) is 0.458. The summed E-state index contributed by atoms with van der Waals surface area (Å²) in [4.78, 5) is 8.24. The molecule has 4 saturated carbocycles. The van der Waals surface area contributed by atoms with Crippen LogP contribution in [0.3, 0.4) is 0 Å². The van der Waals surface area contributed by atoms with Gasteiger partial charge in [0.05, 0.1) is 11.0 Å². The average Bonchev–Trinajstić information content (AvgIpc) is 3.08. The number of para-hydroxylation sites is 1. The smallest absolute Gasteiger partial charge is 0.146 e. The summed E-state index contributed by atoms with van der Waals surface area (Å²) in [6.45, 7) is 0.478. The maximum absolute atomic E-state index is 5.86. The van der Waals surface area contributed by atoms with Gasteiger partial charge in [-0.25, -0.2) is 4.98 Å². The Morgan fingerprint density at radius 2 is 1.63 bits per heavy atom. The summed E-state index contributed by atoms with van der Waals surface area (Å²) < 4.78 is 5.86. The molecule has 138 valence electrons. The summed E-state index contributed by atoms with van der Waals surface area (Å²) in [6, 6.07) is 16.9. The Hall–Kier alpha value is -2.29. The molecule has 0 radical (unpaired) electrons. The number of ether oxygens (including phenoxy) is 1. The average molecular weight is 358 g/mol. The van der Waals surface area contributed by atoms with E-state index < -0.39 is 0 Å². The van der Waals surface area contributed by atoms with Gasteiger partial charge in [-0.3, -0.25) is 0 Å². The monoisotopic (exact) mass is 358 g/mol. The normalized spacial score (nSPS) is 31.5. The van der Waals surface area contributed by atoms with E-state index in [2.05, 4.69) is 23.2 Å².